The van der Waals surface area contributed by atoms with Gasteiger partial charge in [0.05, 0.1) is 19.1 Å². The largest absolute Gasteiger partial charge is 0.488 e. The average molecular weight is 358 g/mol. The van der Waals surface area contributed by atoms with Gasteiger partial charge < -0.3 is 13.9 Å². The molecular formula is C22H18N2O3. The van der Waals surface area contributed by atoms with Gasteiger partial charge >= 0.3 is 0 Å². The molecule has 0 atom stereocenters. The molecule has 3 heterocycles. The number of para-hydroxylation sites is 1. The molecule has 27 heavy (non-hydrogen) atoms. The van der Waals surface area contributed by atoms with Crippen molar-refractivity contribution >= 4 is 11.0 Å². The Morgan fingerprint density at radius 1 is 1.00 bits per heavy atom. The van der Waals surface area contributed by atoms with Crippen LogP contribution in [0, 0.1) is 6.92 Å². The van der Waals surface area contributed by atoms with E-state index in [-0.39, 0.29) is 0 Å². The first-order valence-electron chi connectivity index (χ1n) is 8.91. The van der Waals surface area contributed by atoms with Crippen LogP contribution in [0.5, 0.6) is 11.6 Å². The zero-order valence-corrected chi connectivity index (χ0v) is 15.2. The SMILES string of the molecule is COc1nc(-c2ccc(C)cc2)nc2c1CCOc1c-2oc2ccccc12. The molecule has 0 unspecified atom stereocenters. The normalized spacial score (nSPS) is 12.8. The highest BCUT2D eigenvalue weighted by molar-refractivity contribution is 5.92. The smallest absolute Gasteiger partial charge is 0.220 e. The van der Waals surface area contributed by atoms with Crippen molar-refractivity contribution in [1.82, 2.24) is 9.97 Å². The molecule has 5 heteroatoms. The van der Waals surface area contributed by atoms with Crippen LogP contribution in [0.25, 0.3) is 33.8 Å². The van der Waals surface area contributed by atoms with Crippen molar-refractivity contribution in [3.05, 3.63) is 59.7 Å². The van der Waals surface area contributed by atoms with Gasteiger partial charge in [-0.1, -0.05) is 42.0 Å². The highest BCUT2D eigenvalue weighted by Gasteiger charge is 2.28. The Kier molecular flexibility index (Phi) is 3.60. The van der Waals surface area contributed by atoms with Crippen molar-refractivity contribution in [3.8, 4) is 34.5 Å². The molecule has 0 spiro atoms. The van der Waals surface area contributed by atoms with E-state index in [1.165, 1.54) is 5.56 Å². The third-order valence-corrected chi connectivity index (χ3v) is 4.84. The Balaban J connectivity index is 1.78. The third-order valence-electron chi connectivity index (χ3n) is 4.84. The van der Waals surface area contributed by atoms with E-state index in [2.05, 4.69) is 11.9 Å². The molecule has 1 aliphatic heterocycles. The Morgan fingerprint density at radius 2 is 1.81 bits per heavy atom. The van der Waals surface area contributed by atoms with Crippen molar-refractivity contribution in [1.29, 1.82) is 0 Å². The molecule has 1 aliphatic rings. The van der Waals surface area contributed by atoms with Gasteiger partial charge in [0, 0.05) is 17.5 Å². The third kappa shape index (κ3) is 2.54. The van der Waals surface area contributed by atoms with Crippen molar-refractivity contribution in [3.63, 3.8) is 0 Å². The van der Waals surface area contributed by atoms with Crippen LogP contribution in [0.2, 0.25) is 0 Å². The first kappa shape index (κ1) is 15.9. The predicted molar refractivity (Wildman–Crippen MR) is 103 cm³/mol. The first-order chi connectivity index (χ1) is 13.2. The molecule has 5 rings (SSSR count). The van der Waals surface area contributed by atoms with Crippen LogP contribution in [-0.2, 0) is 6.42 Å². The number of rotatable bonds is 2. The van der Waals surface area contributed by atoms with Crippen molar-refractivity contribution in [2.24, 2.45) is 0 Å². The molecular weight excluding hydrogens is 340 g/mol. The second kappa shape index (κ2) is 6.13. The van der Waals surface area contributed by atoms with Gasteiger partial charge in [-0.05, 0) is 19.1 Å². The fraction of sp³-hybridized carbons (Fsp3) is 0.182. The summed E-state index contributed by atoms with van der Waals surface area (Å²) in [6.07, 6.45) is 0.658. The van der Waals surface area contributed by atoms with Crippen LogP contribution in [0.15, 0.2) is 52.9 Å². The van der Waals surface area contributed by atoms with Crippen LogP contribution in [0.3, 0.4) is 0 Å². The van der Waals surface area contributed by atoms with E-state index in [0.29, 0.717) is 30.5 Å². The molecule has 0 aliphatic carbocycles. The number of furan rings is 1. The van der Waals surface area contributed by atoms with Crippen LogP contribution in [0.4, 0.5) is 0 Å². The summed E-state index contributed by atoms with van der Waals surface area (Å²) < 4.78 is 17.8. The standard InChI is InChI=1S/C22H18N2O3/c1-13-7-9-14(10-8-13)21-23-18-16(22(24-21)25-2)11-12-26-19-15-5-3-4-6-17(15)27-20(18)19/h3-10H,11-12H2,1-2H3. The Labute approximate surface area is 156 Å². The van der Waals surface area contributed by atoms with Crippen LogP contribution in [-0.4, -0.2) is 23.7 Å². The number of benzene rings is 2. The van der Waals surface area contributed by atoms with E-state index < -0.39 is 0 Å². The molecule has 0 fully saturated rings. The highest BCUT2D eigenvalue weighted by atomic mass is 16.5. The maximum Gasteiger partial charge on any atom is 0.220 e. The monoisotopic (exact) mass is 358 g/mol. The molecule has 2 aromatic heterocycles. The molecule has 0 saturated heterocycles. The van der Waals surface area contributed by atoms with Gasteiger partial charge in [0.25, 0.3) is 0 Å². The number of fused-ring (bicyclic) bond motifs is 5. The highest BCUT2D eigenvalue weighted by Crippen LogP contribution is 2.44. The number of aryl methyl sites for hydroxylation is 1. The van der Waals surface area contributed by atoms with Crippen molar-refractivity contribution in [2.75, 3.05) is 13.7 Å². The minimum absolute atomic E-state index is 0.521. The number of nitrogens with zero attached hydrogens (tertiary/aromatic N) is 2. The minimum Gasteiger partial charge on any atom is -0.488 e. The molecule has 0 saturated carbocycles. The van der Waals surface area contributed by atoms with Crippen LogP contribution < -0.4 is 9.47 Å². The summed E-state index contributed by atoms with van der Waals surface area (Å²) in [6.45, 7) is 2.58. The summed E-state index contributed by atoms with van der Waals surface area (Å²) in [5, 5.41) is 0.954. The molecule has 2 aromatic carbocycles. The lowest BCUT2D eigenvalue weighted by molar-refractivity contribution is 0.323. The summed E-state index contributed by atoms with van der Waals surface area (Å²) in [7, 11) is 1.63. The summed E-state index contributed by atoms with van der Waals surface area (Å²) in [4.78, 5) is 9.50. The topological polar surface area (TPSA) is 57.4 Å². The van der Waals surface area contributed by atoms with Crippen LogP contribution in [0.1, 0.15) is 11.1 Å². The van der Waals surface area contributed by atoms with E-state index in [0.717, 1.165) is 33.5 Å². The summed E-state index contributed by atoms with van der Waals surface area (Å²) in [6, 6.07) is 16.0. The Morgan fingerprint density at radius 3 is 2.63 bits per heavy atom. The van der Waals surface area contributed by atoms with Gasteiger partial charge in [-0.2, -0.15) is 4.98 Å². The minimum atomic E-state index is 0.521. The van der Waals surface area contributed by atoms with Gasteiger partial charge in [-0.15, -0.1) is 0 Å². The maximum absolute atomic E-state index is 6.14. The van der Waals surface area contributed by atoms with Gasteiger partial charge in [0.15, 0.2) is 17.3 Å². The quantitative estimate of drug-likeness (QED) is 0.515. The zero-order valence-electron chi connectivity index (χ0n) is 15.2. The van der Waals surface area contributed by atoms with Gasteiger partial charge in [-0.3, -0.25) is 0 Å². The van der Waals surface area contributed by atoms with Gasteiger partial charge in [0.2, 0.25) is 5.88 Å². The van der Waals surface area contributed by atoms with E-state index in [1.807, 2.05) is 48.5 Å². The lowest BCUT2D eigenvalue weighted by atomic mass is 10.1. The molecule has 0 amide bonds. The number of aromatic nitrogens is 2. The molecule has 5 nitrogen and oxygen atoms in total. The fourth-order valence-electron chi connectivity index (χ4n) is 3.45. The van der Waals surface area contributed by atoms with Crippen molar-refractivity contribution in [2.45, 2.75) is 13.3 Å². The van der Waals surface area contributed by atoms with Gasteiger partial charge in [-0.25, -0.2) is 4.98 Å². The Hall–Kier alpha value is -3.34. The second-order valence-electron chi connectivity index (χ2n) is 6.60. The first-order valence-corrected chi connectivity index (χ1v) is 8.91. The number of methoxy groups -OCH3 is 1. The second-order valence-corrected chi connectivity index (χ2v) is 6.60. The number of ether oxygens (including phenoxy) is 2. The lowest BCUT2D eigenvalue weighted by Crippen LogP contribution is -2.05. The van der Waals surface area contributed by atoms with E-state index in [9.17, 15) is 0 Å². The zero-order chi connectivity index (χ0) is 18.4. The molecule has 4 aromatic rings. The number of hydrogen-bond donors (Lipinski definition) is 0. The molecule has 0 N–H and O–H groups in total. The predicted octanol–water partition coefficient (Wildman–Crippen LogP) is 4.81. The number of hydrogen-bond acceptors (Lipinski definition) is 5. The Bertz CT molecular complexity index is 1150. The average Bonchev–Trinajstić information content (AvgIpc) is 2.97. The lowest BCUT2D eigenvalue weighted by Gasteiger charge is -2.11. The van der Waals surface area contributed by atoms with Crippen LogP contribution >= 0.6 is 0 Å². The summed E-state index contributed by atoms with van der Waals surface area (Å²) >= 11 is 0. The van der Waals surface area contributed by atoms with Gasteiger partial charge in [0.1, 0.15) is 11.3 Å². The van der Waals surface area contributed by atoms with E-state index in [1.54, 1.807) is 7.11 Å². The fourth-order valence-corrected chi connectivity index (χ4v) is 3.45. The summed E-state index contributed by atoms with van der Waals surface area (Å²) in [5.74, 6) is 2.55. The van der Waals surface area contributed by atoms with E-state index >= 15 is 0 Å². The molecule has 0 radical (unpaired) electrons. The maximum atomic E-state index is 6.14. The van der Waals surface area contributed by atoms with Crippen molar-refractivity contribution < 1.29 is 13.9 Å². The summed E-state index contributed by atoms with van der Waals surface area (Å²) in [5.41, 5.74) is 4.55. The van der Waals surface area contributed by atoms with E-state index in [4.69, 9.17) is 18.9 Å². The molecule has 134 valence electrons. The molecule has 0 bridgehead atoms.